The molecule has 5 heteroatoms. The molecule has 0 saturated carbocycles. The predicted octanol–water partition coefficient (Wildman–Crippen LogP) is 2.76. The van der Waals surface area contributed by atoms with E-state index in [0.29, 0.717) is 12.8 Å². The van der Waals surface area contributed by atoms with Gasteiger partial charge >= 0.3 is 0 Å². The molecule has 20 heavy (non-hydrogen) atoms. The summed E-state index contributed by atoms with van der Waals surface area (Å²) in [5.74, 6) is 0. The Bertz CT molecular complexity index is 508. The monoisotopic (exact) mass is 297 g/mol. The molecule has 0 saturated heterocycles. The Morgan fingerprint density at radius 1 is 1.10 bits per heavy atom. The SMILES string of the molecule is CCCCCCN(CC=O)S(=O)(=O)c1ccc(C)cc1. The van der Waals surface area contributed by atoms with Crippen LogP contribution in [0, 0.1) is 6.92 Å². The lowest BCUT2D eigenvalue weighted by Gasteiger charge is -2.19. The van der Waals surface area contributed by atoms with Gasteiger partial charge < -0.3 is 4.79 Å². The second-order valence-corrected chi connectivity index (χ2v) is 6.84. The number of hydrogen-bond acceptors (Lipinski definition) is 3. The Labute approximate surface area is 121 Å². The summed E-state index contributed by atoms with van der Waals surface area (Å²) in [6, 6.07) is 6.72. The first kappa shape index (κ1) is 16.9. The smallest absolute Gasteiger partial charge is 0.243 e. The molecule has 0 aliphatic carbocycles. The molecule has 0 bridgehead atoms. The molecule has 112 valence electrons. The Morgan fingerprint density at radius 2 is 1.75 bits per heavy atom. The van der Waals surface area contributed by atoms with Crippen molar-refractivity contribution in [3.63, 3.8) is 0 Å². The first-order valence-corrected chi connectivity index (χ1v) is 8.46. The van der Waals surface area contributed by atoms with Gasteiger partial charge in [0.25, 0.3) is 0 Å². The van der Waals surface area contributed by atoms with Crippen molar-refractivity contribution < 1.29 is 13.2 Å². The molecule has 0 aliphatic rings. The van der Waals surface area contributed by atoms with Crippen LogP contribution in [0.15, 0.2) is 29.2 Å². The van der Waals surface area contributed by atoms with Crippen molar-refractivity contribution in [2.45, 2.75) is 44.4 Å². The third-order valence-corrected chi connectivity index (χ3v) is 5.08. The first-order chi connectivity index (χ1) is 9.52. The van der Waals surface area contributed by atoms with Crippen molar-refractivity contribution >= 4 is 16.3 Å². The minimum atomic E-state index is -3.57. The molecule has 0 atom stereocenters. The van der Waals surface area contributed by atoms with Crippen molar-refractivity contribution in [2.75, 3.05) is 13.1 Å². The van der Waals surface area contributed by atoms with Gasteiger partial charge in [0.2, 0.25) is 10.0 Å². The van der Waals surface area contributed by atoms with Gasteiger partial charge in [-0.25, -0.2) is 8.42 Å². The van der Waals surface area contributed by atoms with E-state index in [-0.39, 0.29) is 11.4 Å². The van der Waals surface area contributed by atoms with E-state index in [1.165, 1.54) is 4.31 Å². The Balaban J connectivity index is 2.82. The van der Waals surface area contributed by atoms with Gasteiger partial charge in [0.1, 0.15) is 6.29 Å². The van der Waals surface area contributed by atoms with Crippen LogP contribution in [0.3, 0.4) is 0 Å². The highest BCUT2D eigenvalue weighted by Gasteiger charge is 2.23. The number of hydrogen-bond donors (Lipinski definition) is 0. The quantitative estimate of drug-likeness (QED) is 0.520. The summed E-state index contributed by atoms with van der Waals surface area (Å²) in [4.78, 5) is 11.0. The zero-order chi connectivity index (χ0) is 15.0. The molecule has 0 spiro atoms. The molecule has 4 nitrogen and oxygen atoms in total. The normalized spacial score (nSPS) is 11.8. The molecule has 1 aromatic rings. The van der Waals surface area contributed by atoms with Gasteiger partial charge in [-0.05, 0) is 25.5 Å². The molecule has 0 aromatic heterocycles. The third-order valence-electron chi connectivity index (χ3n) is 3.20. The number of carbonyl (C=O) groups is 1. The van der Waals surface area contributed by atoms with Crippen LogP contribution in [0.4, 0.5) is 0 Å². The van der Waals surface area contributed by atoms with E-state index in [0.717, 1.165) is 31.2 Å². The number of carbonyl (C=O) groups excluding carboxylic acids is 1. The fraction of sp³-hybridized carbons (Fsp3) is 0.533. The lowest BCUT2D eigenvalue weighted by atomic mass is 10.2. The Kier molecular flexibility index (Phi) is 6.88. The molecule has 0 aliphatic heterocycles. The zero-order valence-electron chi connectivity index (χ0n) is 12.2. The van der Waals surface area contributed by atoms with Gasteiger partial charge in [-0.2, -0.15) is 4.31 Å². The van der Waals surface area contributed by atoms with E-state index in [2.05, 4.69) is 6.92 Å². The summed E-state index contributed by atoms with van der Waals surface area (Å²) in [6.45, 7) is 4.33. The summed E-state index contributed by atoms with van der Waals surface area (Å²) in [5, 5.41) is 0. The average Bonchev–Trinajstić information content (AvgIpc) is 2.42. The highest BCUT2D eigenvalue weighted by molar-refractivity contribution is 7.89. The number of aryl methyl sites for hydroxylation is 1. The van der Waals surface area contributed by atoms with E-state index in [1.54, 1.807) is 24.3 Å². The van der Waals surface area contributed by atoms with Crippen molar-refractivity contribution in [3.8, 4) is 0 Å². The first-order valence-electron chi connectivity index (χ1n) is 7.02. The predicted molar refractivity (Wildman–Crippen MR) is 80.1 cm³/mol. The number of aldehydes is 1. The highest BCUT2D eigenvalue weighted by atomic mass is 32.2. The lowest BCUT2D eigenvalue weighted by Crippen LogP contribution is -2.33. The van der Waals surface area contributed by atoms with E-state index in [4.69, 9.17) is 0 Å². The minimum absolute atomic E-state index is 0.0810. The number of rotatable bonds is 9. The molecule has 1 rings (SSSR count). The van der Waals surface area contributed by atoms with Gasteiger partial charge in [0.15, 0.2) is 0 Å². The molecular weight excluding hydrogens is 274 g/mol. The van der Waals surface area contributed by atoms with Crippen molar-refractivity contribution in [1.29, 1.82) is 0 Å². The fourth-order valence-corrected chi connectivity index (χ4v) is 3.37. The van der Waals surface area contributed by atoms with Crippen LogP contribution in [-0.2, 0) is 14.8 Å². The second-order valence-electron chi connectivity index (χ2n) is 4.90. The van der Waals surface area contributed by atoms with Gasteiger partial charge in [-0.15, -0.1) is 0 Å². The van der Waals surface area contributed by atoms with E-state index in [9.17, 15) is 13.2 Å². The minimum Gasteiger partial charge on any atom is -0.302 e. The Hall–Kier alpha value is -1.20. The van der Waals surface area contributed by atoms with Crippen LogP contribution in [0.25, 0.3) is 0 Å². The number of unbranched alkanes of at least 4 members (excludes halogenated alkanes) is 3. The van der Waals surface area contributed by atoms with Crippen LogP contribution in [0.1, 0.15) is 38.2 Å². The van der Waals surface area contributed by atoms with E-state index in [1.807, 2.05) is 6.92 Å². The van der Waals surface area contributed by atoms with Crippen LogP contribution in [0.2, 0.25) is 0 Å². The topological polar surface area (TPSA) is 54.5 Å². The van der Waals surface area contributed by atoms with Gasteiger partial charge in [-0.3, -0.25) is 0 Å². The van der Waals surface area contributed by atoms with Crippen LogP contribution in [-0.4, -0.2) is 32.1 Å². The largest absolute Gasteiger partial charge is 0.302 e. The van der Waals surface area contributed by atoms with Crippen LogP contribution in [0.5, 0.6) is 0 Å². The molecule has 1 aromatic carbocycles. The third kappa shape index (κ3) is 4.72. The maximum Gasteiger partial charge on any atom is 0.243 e. The summed E-state index contributed by atoms with van der Waals surface area (Å²) in [5.41, 5.74) is 1.01. The standard InChI is InChI=1S/C15H23NO3S/c1-3-4-5-6-11-16(12-13-17)20(18,19)15-9-7-14(2)8-10-15/h7-10,13H,3-6,11-12H2,1-2H3. The second kappa shape index (κ2) is 8.17. The van der Waals surface area contributed by atoms with Crippen molar-refractivity contribution in [3.05, 3.63) is 29.8 Å². The van der Waals surface area contributed by atoms with Crippen LogP contribution < -0.4 is 0 Å². The molecule has 0 radical (unpaired) electrons. The summed E-state index contributed by atoms with van der Waals surface area (Å²) >= 11 is 0. The number of benzene rings is 1. The lowest BCUT2D eigenvalue weighted by molar-refractivity contribution is -0.108. The van der Waals surface area contributed by atoms with Crippen molar-refractivity contribution in [1.82, 2.24) is 4.31 Å². The van der Waals surface area contributed by atoms with Crippen LogP contribution >= 0.6 is 0 Å². The van der Waals surface area contributed by atoms with Crippen molar-refractivity contribution in [2.24, 2.45) is 0 Å². The maximum atomic E-state index is 12.5. The summed E-state index contributed by atoms with van der Waals surface area (Å²) in [6.07, 6.45) is 4.59. The fourth-order valence-electron chi connectivity index (χ4n) is 1.97. The summed E-state index contributed by atoms with van der Waals surface area (Å²) < 4.78 is 26.2. The summed E-state index contributed by atoms with van der Waals surface area (Å²) in [7, 11) is -3.57. The van der Waals surface area contributed by atoms with Gasteiger partial charge in [0.05, 0.1) is 11.4 Å². The molecule has 0 fully saturated rings. The van der Waals surface area contributed by atoms with Gasteiger partial charge in [-0.1, -0.05) is 43.9 Å². The highest BCUT2D eigenvalue weighted by Crippen LogP contribution is 2.17. The molecular formula is C15H23NO3S. The maximum absolute atomic E-state index is 12.5. The molecule has 0 N–H and O–H groups in total. The van der Waals surface area contributed by atoms with E-state index < -0.39 is 10.0 Å². The number of sulfonamides is 1. The average molecular weight is 297 g/mol. The molecule has 0 heterocycles. The number of nitrogens with zero attached hydrogens (tertiary/aromatic N) is 1. The molecule has 0 unspecified atom stereocenters. The Morgan fingerprint density at radius 3 is 2.30 bits per heavy atom. The molecule has 0 amide bonds. The zero-order valence-corrected chi connectivity index (χ0v) is 13.0. The van der Waals surface area contributed by atoms with Gasteiger partial charge in [0, 0.05) is 6.54 Å². The van der Waals surface area contributed by atoms with E-state index >= 15 is 0 Å².